The van der Waals surface area contributed by atoms with Crippen molar-refractivity contribution in [2.75, 3.05) is 32.1 Å². The molecule has 12 nitrogen and oxygen atoms in total. The summed E-state index contributed by atoms with van der Waals surface area (Å²) in [5, 5.41) is 21.6. The minimum absolute atomic E-state index is 0.0857. The number of hydrogen-bond acceptors (Lipinski definition) is 8. The van der Waals surface area contributed by atoms with Crippen LogP contribution in [-0.4, -0.2) is 87.8 Å². The number of urea groups is 1. The number of phenols is 1. The van der Waals surface area contributed by atoms with Crippen LogP contribution in [0.3, 0.4) is 0 Å². The molecule has 2 aliphatic rings. The van der Waals surface area contributed by atoms with Crippen molar-refractivity contribution in [3.05, 3.63) is 108 Å². The van der Waals surface area contributed by atoms with Crippen molar-refractivity contribution in [3.63, 3.8) is 0 Å². The second-order valence-corrected chi connectivity index (χ2v) is 12.5. The zero-order chi connectivity index (χ0) is 33.8. The zero-order valence-corrected chi connectivity index (χ0v) is 27.2. The maximum absolute atomic E-state index is 14.3. The van der Waals surface area contributed by atoms with Gasteiger partial charge in [-0.3, -0.25) is 14.9 Å². The Labute approximate surface area is 281 Å². The Hall–Kier alpha value is -5.40. The van der Waals surface area contributed by atoms with E-state index in [2.05, 4.69) is 17.2 Å². The fourth-order valence-electron chi connectivity index (χ4n) is 6.21. The molecule has 2 saturated heterocycles. The highest BCUT2D eigenvalue weighted by Gasteiger charge is 2.51. The lowest BCUT2D eigenvalue weighted by molar-refractivity contribution is -0.189. The first-order valence-electron chi connectivity index (χ1n) is 15.5. The van der Waals surface area contributed by atoms with Crippen LogP contribution >= 0.6 is 11.3 Å². The van der Waals surface area contributed by atoms with E-state index in [4.69, 9.17) is 4.74 Å². The molecule has 0 unspecified atom stereocenters. The van der Waals surface area contributed by atoms with Crippen LogP contribution in [0, 0.1) is 0 Å². The smallest absolute Gasteiger partial charge is 0.411 e. The number of nitrogens with one attached hydrogen (secondary N) is 2. The molecule has 3 N–H and O–H groups in total. The van der Waals surface area contributed by atoms with Crippen molar-refractivity contribution >= 4 is 51.0 Å². The van der Waals surface area contributed by atoms with Gasteiger partial charge in [0.05, 0.1) is 20.2 Å². The summed E-state index contributed by atoms with van der Waals surface area (Å²) in [6.45, 7) is 4.61. The second-order valence-electron chi connectivity index (χ2n) is 11.6. The molecule has 1 aromatic heterocycles. The predicted molar refractivity (Wildman–Crippen MR) is 182 cm³/mol. The predicted octanol–water partition coefficient (Wildman–Crippen LogP) is 4.52. The number of hydrazine groups is 1. The number of ether oxygens (including phenoxy) is 1. The maximum Gasteiger partial charge on any atom is 0.411 e. The third-order valence-electron chi connectivity index (χ3n) is 8.48. The Kier molecular flexibility index (Phi) is 9.60. The maximum atomic E-state index is 14.3. The number of phenolic OH excluding ortho intramolecular Hbond substituents is 1. The highest BCUT2D eigenvalue weighted by molar-refractivity contribution is 7.17. The number of fused-ring (bicyclic) bond motifs is 2. The fraction of sp³-hybridized carbons (Fsp3) is 0.257. The van der Waals surface area contributed by atoms with Crippen molar-refractivity contribution in [1.82, 2.24) is 25.1 Å². The molecule has 3 aromatic carbocycles. The van der Waals surface area contributed by atoms with E-state index in [-0.39, 0.29) is 56.7 Å². The van der Waals surface area contributed by atoms with Gasteiger partial charge in [-0.15, -0.1) is 17.9 Å². The van der Waals surface area contributed by atoms with E-state index in [0.717, 1.165) is 26.8 Å². The van der Waals surface area contributed by atoms with E-state index < -0.39 is 24.3 Å². The summed E-state index contributed by atoms with van der Waals surface area (Å²) in [5.41, 5.74) is 3.17. The van der Waals surface area contributed by atoms with Gasteiger partial charge in [-0.25, -0.2) is 19.6 Å². The van der Waals surface area contributed by atoms with E-state index >= 15 is 0 Å². The highest BCUT2D eigenvalue weighted by atomic mass is 32.1. The number of hydrogen-bond donors (Lipinski definition) is 3. The molecule has 5 amide bonds. The number of aromatic hydroxyl groups is 1. The van der Waals surface area contributed by atoms with Crippen molar-refractivity contribution in [3.8, 4) is 5.75 Å². The van der Waals surface area contributed by atoms with E-state index in [1.165, 1.54) is 18.4 Å². The van der Waals surface area contributed by atoms with Gasteiger partial charge in [-0.1, -0.05) is 54.6 Å². The molecule has 6 rings (SSSR count). The van der Waals surface area contributed by atoms with Gasteiger partial charge in [0.15, 0.2) is 0 Å². The number of piperazine rings is 1. The molecule has 248 valence electrons. The minimum Gasteiger partial charge on any atom is -0.508 e. The minimum atomic E-state index is -0.892. The van der Waals surface area contributed by atoms with Crippen LogP contribution in [0.1, 0.15) is 16.7 Å². The molecule has 0 saturated carbocycles. The molecule has 48 heavy (non-hydrogen) atoms. The van der Waals surface area contributed by atoms with Crippen LogP contribution in [0.5, 0.6) is 5.75 Å². The number of carbonyl (C=O) groups excluding carboxylic acids is 4. The van der Waals surface area contributed by atoms with E-state index in [1.807, 2.05) is 47.8 Å². The first kappa shape index (κ1) is 32.5. The number of anilines is 1. The molecule has 3 heterocycles. The van der Waals surface area contributed by atoms with Crippen LogP contribution in [0.4, 0.5) is 15.3 Å². The lowest BCUT2D eigenvalue weighted by atomic mass is 9.98. The number of methoxy groups -OCH3 is 1. The molecule has 13 heteroatoms. The summed E-state index contributed by atoms with van der Waals surface area (Å²) in [7, 11) is 1.30. The van der Waals surface area contributed by atoms with Gasteiger partial charge in [0.1, 0.15) is 18.0 Å². The third-order valence-corrected chi connectivity index (χ3v) is 9.47. The zero-order valence-electron chi connectivity index (χ0n) is 26.4. The SMILES string of the molecule is C=CCN1CC(=O)N2[C@@H](Cc3ccc(O)cc3)C(=O)N(Cc3csc4cc(NC(=O)OC)ccc34)C[C@@H]2N1C(=O)NCc1ccccc1. The van der Waals surface area contributed by atoms with Crippen LogP contribution in [0.15, 0.2) is 90.8 Å². The van der Waals surface area contributed by atoms with Gasteiger partial charge in [0.25, 0.3) is 0 Å². The van der Waals surface area contributed by atoms with Gasteiger partial charge < -0.3 is 25.0 Å². The Morgan fingerprint density at radius 2 is 1.83 bits per heavy atom. The van der Waals surface area contributed by atoms with Crippen LogP contribution in [0.25, 0.3) is 10.1 Å². The van der Waals surface area contributed by atoms with Gasteiger partial charge >= 0.3 is 12.1 Å². The molecule has 0 spiro atoms. The van der Waals surface area contributed by atoms with Gasteiger partial charge in [-0.2, -0.15) is 0 Å². The van der Waals surface area contributed by atoms with Gasteiger partial charge in [0, 0.05) is 36.4 Å². The number of amides is 5. The van der Waals surface area contributed by atoms with Crippen molar-refractivity contribution in [2.45, 2.75) is 31.7 Å². The van der Waals surface area contributed by atoms with Crippen molar-refractivity contribution < 1.29 is 29.0 Å². The molecule has 4 aromatic rings. The topological polar surface area (TPSA) is 135 Å². The summed E-state index contributed by atoms with van der Waals surface area (Å²) in [6, 6.07) is 20.3. The lowest BCUT2D eigenvalue weighted by Crippen LogP contribution is -2.76. The number of nitrogens with zero attached hydrogens (tertiary/aromatic N) is 4. The molecular formula is C35H36N6O6S. The number of carbonyl (C=O) groups is 4. The van der Waals surface area contributed by atoms with Gasteiger partial charge in [0.2, 0.25) is 11.8 Å². The summed E-state index contributed by atoms with van der Waals surface area (Å²) < 4.78 is 5.62. The van der Waals surface area contributed by atoms with E-state index in [9.17, 15) is 24.3 Å². The van der Waals surface area contributed by atoms with Crippen LogP contribution in [-0.2, 0) is 33.8 Å². The second kappa shape index (κ2) is 14.2. The normalized spacial score (nSPS) is 18.1. The molecule has 0 aliphatic carbocycles. The first-order chi connectivity index (χ1) is 23.2. The Morgan fingerprint density at radius 3 is 2.56 bits per heavy atom. The highest BCUT2D eigenvalue weighted by Crippen LogP contribution is 2.33. The quantitative estimate of drug-likeness (QED) is 0.223. The van der Waals surface area contributed by atoms with Crippen LogP contribution in [0.2, 0.25) is 0 Å². The first-order valence-corrected chi connectivity index (χ1v) is 16.3. The molecule has 2 aliphatic heterocycles. The number of rotatable bonds is 9. The summed E-state index contributed by atoms with van der Waals surface area (Å²) >= 11 is 1.49. The average molecular weight is 669 g/mol. The summed E-state index contributed by atoms with van der Waals surface area (Å²) in [4.78, 5) is 57.1. The average Bonchev–Trinajstić information content (AvgIpc) is 3.48. The third kappa shape index (κ3) is 6.82. The van der Waals surface area contributed by atoms with Gasteiger partial charge in [-0.05, 0) is 51.7 Å². The fourth-order valence-corrected chi connectivity index (χ4v) is 7.20. The lowest BCUT2D eigenvalue weighted by Gasteiger charge is -2.55. The Morgan fingerprint density at radius 1 is 1.06 bits per heavy atom. The largest absolute Gasteiger partial charge is 0.508 e. The Balaban J connectivity index is 1.34. The monoisotopic (exact) mass is 668 g/mol. The molecule has 2 fully saturated rings. The molecule has 0 radical (unpaired) electrons. The Bertz CT molecular complexity index is 1830. The van der Waals surface area contributed by atoms with E-state index in [1.54, 1.807) is 56.2 Å². The van der Waals surface area contributed by atoms with Crippen molar-refractivity contribution in [2.24, 2.45) is 0 Å². The van der Waals surface area contributed by atoms with E-state index in [0.29, 0.717) is 5.69 Å². The number of benzene rings is 3. The summed E-state index contributed by atoms with van der Waals surface area (Å²) in [6.07, 6.45) is 0.480. The molecular weight excluding hydrogens is 632 g/mol. The molecule has 0 bridgehead atoms. The van der Waals surface area contributed by atoms with Crippen molar-refractivity contribution in [1.29, 1.82) is 0 Å². The van der Waals surface area contributed by atoms with Crippen LogP contribution < -0.4 is 10.6 Å². The summed E-state index contributed by atoms with van der Waals surface area (Å²) in [5.74, 6) is -0.409. The standard InChI is InChI=1S/C35H36N6O6S/c1-3-15-39-21-32(43)40-29(16-23-9-12-27(42)13-10-23)33(44)38(20-31(40)41(39)34(45)36-18-24-7-5-4-6-8-24)19-25-22-48-30-17-26(11-14-28(25)30)37-35(46)47-2/h3-14,17,22,29,31,42H,1,15-16,18-21H2,2H3,(H,36,45)(H,37,46)/t29-,31-/m0/s1. The number of thiophene rings is 1. The molecule has 2 atom stereocenters.